The van der Waals surface area contributed by atoms with E-state index in [2.05, 4.69) is 28.2 Å². The molecule has 1 aromatic rings. The standard InChI is InChI=1S/C13H16BrNO/c1-8-3-4-11(12(14)5-8)13(16)15-7-10-6-9(10)2/h3-5,9-10H,6-7H2,1-2H3,(H,15,16). The van der Waals surface area contributed by atoms with Crippen molar-refractivity contribution in [3.8, 4) is 0 Å². The van der Waals surface area contributed by atoms with Gasteiger partial charge in [0, 0.05) is 11.0 Å². The molecule has 3 heteroatoms. The van der Waals surface area contributed by atoms with Crippen LogP contribution in [0.25, 0.3) is 0 Å². The molecule has 86 valence electrons. The van der Waals surface area contributed by atoms with Crippen LogP contribution in [0.5, 0.6) is 0 Å². The van der Waals surface area contributed by atoms with E-state index in [9.17, 15) is 4.79 Å². The molecule has 1 aliphatic rings. The van der Waals surface area contributed by atoms with Crippen molar-refractivity contribution in [1.82, 2.24) is 5.32 Å². The summed E-state index contributed by atoms with van der Waals surface area (Å²) < 4.78 is 0.869. The van der Waals surface area contributed by atoms with Gasteiger partial charge >= 0.3 is 0 Å². The van der Waals surface area contributed by atoms with Crippen LogP contribution in [0, 0.1) is 18.8 Å². The number of nitrogens with one attached hydrogen (secondary N) is 1. The third-order valence-corrected chi connectivity index (χ3v) is 3.83. The summed E-state index contributed by atoms with van der Waals surface area (Å²) in [6.07, 6.45) is 1.25. The highest BCUT2D eigenvalue weighted by atomic mass is 79.9. The second-order valence-corrected chi connectivity index (χ2v) is 5.52. The van der Waals surface area contributed by atoms with Gasteiger partial charge in [0.1, 0.15) is 0 Å². The Morgan fingerprint density at radius 2 is 2.25 bits per heavy atom. The van der Waals surface area contributed by atoms with Crippen LogP contribution in [-0.2, 0) is 0 Å². The van der Waals surface area contributed by atoms with Crippen LogP contribution in [0.15, 0.2) is 22.7 Å². The molecule has 16 heavy (non-hydrogen) atoms. The van der Waals surface area contributed by atoms with Crippen LogP contribution >= 0.6 is 15.9 Å². The third kappa shape index (κ3) is 2.64. The molecule has 0 bridgehead atoms. The van der Waals surface area contributed by atoms with Gasteiger partial charge in [0.15, 0.2) is 0 Å². The SMILES string of the molecule is Cc1ccc(C(=O)NCC2CC2C)c(Br)c1. The van der Waals surface area contributed by atoms with E-state index < -0.39 is 0 Å². The van der Waals surface area contributed by atoms with Gasteiger partial charge in [0.25, 0.3) is 5.91 Å². The number of hydrogen-bond donors (Lipinski definition) is 1. The maximum atomic E-state index is 11.9. The highest BCUT2D eigenvalue weighted by molar-refractivity contribution is 9.10. The molecular formula is C13H16BrNO. The van der Waals surface area contributed by atoms with Crippen molar-refractivity contribution in [2.75, 3.05) is 6.54 Å². The van der Waals surface area contributed by atoms with E-state index in [1.165, 1.54) is 6.42 Å². The molecule has 2 unspecified atom stereocenters. The average molecular weight is 282 g/mol. The van der Waals surface area contributed by atoms with Gasteiger partial charge in [-0.1, -0.05) is 13.0 Å². The molecule has 0 aromatic heterocycles. The number of benzene rings is 1. The number of halogens is 1. The highest BCUT2D eigenvalue weighted by Gasteiger charge is 2.32. The molecule has 0 heterocycles. The van der Waals surface area contributed by atoms with Crippen LogP contribution in [0.2, 0.25) is 0 Å². The van der Waals surface area contributed by atoms with Gasteiger partial charge in [-0.3, -0.25) is 4.79 Å². The first-order valence-corrected chi connectivity index (χ1v) is 6.41. The minimum absolute atomic E-state index is 0.0194. The summed E-state index contributed by atoms with van der Waals surface area (Å²) in [5, 5.41) is 2.98. The van der Waals surface area contributed by atoms with Gasteiger partial charge in [-0.15, -0.1) is 0 Å². The molecule has 0 aliphatic heterocycles. The lowest BCUT2D eigenvalue weighted by Gasteiger charge is -2.07. The predicted molar refractivity (Wildman–Crippen MR) is 68.5 cm³/mol. The Bertz CT molecular complexity index is 416. The first-order chi connectivity index (χ1) is 7.58. The van der Waals surface area contributed by atoms with Crippen LogP contribution < -0.4 is 5.32 Å². The molecular weight excluding hydrogens is 266 g/mol. The lowest BCUT2D eigenvalue weighted by Crippen LogP contribution is -2.26. The van der Waals surface area contributed by atoms with Gasteiger partial charge in [-0.05, 0) is 58.8 Å². The highest BCUT2D eigenvalue weighted by Crippen LogP contribution is 2.36. The molecule has 1 aromatic carbocycles. The summed E-state index contributed by atoms with van der Waals surface area (Å²) in [4.78, 5) is 11.9. The molecule has 1 amide bonds. The topological polar surface area (TPSA) is 29.1 Å². The van der Waals surface area contributed by atoms with Gasteiger partial charge < -0.3 is 5.32 Å². The summed E-state index contributed by atoms with van der Waals surface area (Å²) in [5.74, 6) is 1.49. The molecule has 2 nitrogen and oxygen atoms in total. The molecule has 1 aliphatic carbocycles. The van der Waals surface area contributed by atoms with Gasteiger partial charge in [-0.25, -0.2) is 0 Å². The Morgan fingerprint density at radius 3 is 2.81 bits per heavy atom. The van der Waals surface area contributed by atoms with E-state index in [0.29, 0.717) is 5.92 Å². The number of amides is 1. The zero-order chi connectivity index (χ0) is 11.7. The molecule has 2 rings (SSSR count). The van der Waals surface area contributed by atoms with Crippen molar-refractivity contribution < 1.29 is 4.79 Å². The van der Waals surface area contributed by atoms with Crippen molar-refractivity contribution in [2.24, 2.45) is 11.8 Å². The summed E-state index contributed by atoms with van der Waals surface area (Å²) in [7, 11) is 0. The quantitative estimate of drug-likeness (QED) is 0.906. The Hall–Kier alpha value is -0.830. The largest absolute Gasteiger partial charge is 0.352 e. The van der Waals surface area contributed by atoms with Crippen molar-refractivity contribution in [3.63, 3.8) is 0 Å². The van der Waals surface area contributed by atoms with Crippen LogP contribution in [0.3, 0.4) is 0 Å². The predicted octanol–water partition coefficient (Wildman–Crippen LogP) is 3.14. The number of aryl methyl sites for hydroxylation is 1. The minimum atomic E-state index is 0.0194. The van der Waals surface area contributed by atoms with E-state index in [4.69, 9.17) is 0 Å². The summed E-state index contributed by atoms with van der Waals surface area (Å²) >= 11 is 3.42. The normalized spacial score (nSPS) is 22.9. The van der Waals surface area contributed by atoms with Gasteiger partial charge in [0.05, 0.1) is 5.56 Å². The zero-order valence-electron chi connectivity index (χ0n) is 9.59. The molecule has 0 radical (unpaired) electrons. The zero-order valence-corrected chi connectivity index (χ0v) is 11.2. The lowest BCUT2D eigenvalue weighted by molar-refractivity contribution is 0.0950. The smallest absolute Gasteiger partial charge is 0.252 e. The van der Waals surface area contributed by atoms with E-state index in [0.717, 1.165) is 28.1 Å². The van der Waals surface area contributed by atoms with Crippen molar-refractivity contribution in [2.45, 2.75) is 20.3 Å². The monoisotopic (exact) mass is 281 g/mol. The van der Waals surface area contributed by atoms with Crippen LogP contribution in [0.1, 0.15) is 29.3 Å². The maximum absolute atomic E-state index is 11.9. The molecule has 1 saturated carbocycles. The third-order valence-electron chi connectivity index (χ3n) is 3.17. The van der Waals surface area contributed by atoms with Crippen molar-refractivity contribution in [1.29, 1.82) is 0 Å². The lowest BCUT2D eigenvalue weighted by atomic mass is 10.1. The number of carbonyl (C=O) groups excluding carboxylic acids is 1. The van der Waals surface area contributed by atoms with E-state index in [1.54, 1.807) is 0 Å². The first-order valence-electron chi connectivity index (χ1n) is 5.62. The Labute approximate surface area is 105 Å². The van der Waals surface area contributed by atoms with E-state index >= 15 is 0 Å². The minimum Gasteiger partial charge on any atom is -0.352 e. The van der Waals surface area contributed by atoms with Crippen molar-refractivity contribution >= 4 is 21.8 Å². The maximum Gasteiger partial charge on any atom is 0.252 e. The number of hydrogen-bond acceptors (Lipinski definition) is 1. The fourth-order valence-corrected chi connectivity index (χ4v) is 2.48. The Kier molecular flexibility index (Phi) is 3.33. The number of rotatable bonds is 3. The summed E-state index contributed by atoms with van der Waals surface area (Å²) in [6, 6.07) is 5.79. The Balaban J connectivity index is 1.97. The van der Waals surface area contributed by atoms with E-state index in [1.807, 2.05) is 25.1 Å². The van der Waals surface area contributed by atoms with Crippen LogP contribution in [-0.4, -0.2) is 12.5 Å². The first kappa shape index (κ1) is 11.6. The average Bonchev–Trinajstić information content (AvgIpc) is 2.91. The molecule has 1 fully saturated rings. The summed E-state index contributed by atoms with van der Waals surface area (Å²) in [5.41, 5.74) is 1.87. The second-order valence-electron chi connectivity index (χ2n) is 4.67. The fraction of sp³-hybridized carbons (Fsp3) is 0.462. The van der Waals surface area contributed by atoms with E-state index in [-0.39, 0.29) is 5.91 Å². The molecule has 0 spiro atoms. The van der Waals surface area contributed by atoms with Gasteiger partial charge in [0.2, 0.25) is 0 Å². The van der Waals surface area contributed by atoms with Gasteiger partial charge in [-0.2, -0.15) is 0 Å². The van der Waals surface area contributed by atoms with Crippen LogP contribution in [0.4, 0.5) is 0 Å². The van der Waals surface area contributed by atoms with Crippen molar-refractivity contribution in [3.05, 3.63) is 33.8 Å². The summed E-state index contributed by atoms with van der Waals surface area (Å²) in [6.45, 7) is 5.04. The molecule has 1 N–H and O–H groups in total. The number of carbonyl (C=O) groups is 1. The molecule has 0 saturated heterocycles. The second kappa shape index (κ2) is 4.58. The molecule has 2 atom stereocenters. The Morgan fingerprint density at radius 1 is 1.56 bits per heavy atom. The fourth-order valence-electron chi connectivity index (χ4n) is 1.81.